The first-order valence-electron chi connectivity index (χ1n) is 6.30. The summed E-state index contributed by atoms with van der Waals surface area (Å²) < 4.78 is 5.16. The number of carbonyl (C=O) groups is 1. The van der Waals surface area contributed by atoms with E-state index in [1.54, 1.807) is 0 Å². The molecule has 0 bridgehead atoms. The van der Waals surface area contributed by atoms with Crippen LogP contribution in [-0.4, -0.2) is 22.5 Å². The van der Waals surface area contributed by atoms with E-state index in [2.05, 4.69) is 9.97 Å². The number of nitrogens with zero attached hydrogens (tertiary/aromatic N) is 2. The van der Waals surface area contributed by atoms with Crippen LogP contribution < -0.4 is 0 Å². The molecule has 0 spiro atoms. The molecule has 2 heterocycles. The highest BCUT2D eigenvalue weighted by Gasteiger charge is 2.31. The zero-order valence-electron chi connectivity index (χ0n) is 10.5. The van der Waals surface area contributed by atoms with Crippen molar-refractivity contribution in [1.29, 1.82) is 0 Å². The Labute approximate surface area is 119 Å². The van der Waals surface area contributed by atoms with Crippen LogP contribution in [0.25, 0.3) is 10.2 Å². The fourth-order valence-electron chi connectivity index (χ4n) is 2.58. The molecule has 0 N–H and O–H groups in total. The molecule has 4 nitrogen and oxygen atoms in total. The Balaban J connectivity index is 2.13. The summed E-state index contributed by atoms with van der Waals surface area (Å²) >= 11 is 7.70. The maximum Gasteiger partial charge on any atom is 0.314 e. The van der Waals surface area contributed by atoms with Gasteiger partial charge in [0, 0.05) is 4.88 Å². The van der Waals surface area contributed by atoms with E-state index in [4.69, 9.17) is 16.3 Å². The van der Waals surface area contributed by atoms with Crippen molar-refractivity contribution < 1.29 is 9.53 Å². The third-order valence-electron chi connectivity index (χ3n) is 3.38. The summed E-state index contributed by atoms with van der Waals surface area (Å²) in [5, 5.41) is 1.39. The van der Waals surface area contributed by atoms with Crippen molar-refractivity contribution in [3.8, 4) is 0 Å². The standard InChI is InChI=1S/C13H13ClN2O2S/c1-2-18-13(17)8-5-3-4-7-9-11(14)15-6-16-12(9)19-10(7)8/h6,8H,2-5H2,1H3. The summed E-state index contributed by atoms with van der Waals surface area (Å²) in [6.45, 7) is 2.24. The first-order chi connectivity index (χ1) is 9.22. The molecule has 1 aliphatic rings. The van der Waals surface area contributed by atoms with Gasteiger partial charge in [-0.25, -0.2) is 9.97 Å². The van der Waals surface area contributed by atoms with Crippen molar-refractivity contribution in [3.63, 3.8) is 0 Å². The second-order valence-corrected chi connectivity index (χ2v) is 5.88. The molecule has 2 aromatic rings. The number of thiophene rings is 1. The molecular formula is C13H13ClN2O2S. The maximum absolute atomic E-state index is 12.0. The van der Waals surface area contributed by atoms with E-state index in [1.807, 2.05) is 6.92 Å². The van der Waals surface area contributed by atoms with Gasteiger partial charge < -0.3 is 4.74 Å². The molecule has 100 valence electrons. The van der Waals surface area contributed by atoms with Crippen molar-refractivity contribution in [2.75, 3.05) is 6.61 Å². The van der Waals surface area contributed by atoms with E-state index in [0.717, 1.165) is 39.9 Å². The lowest BCUT2D eigenvalue weighted by Crippen LogP contribution is -2.19. The van der Waals surface area contributed by atoms with Gasteiger partial charge in [-0.2, -0.15) is 0 Å². The average Bonchev–Trinajstić information content (AvgIpc) is 2.78. The van der Waals surface area contributed by atoms with Crippen molar-refractivity contribution in [3.05, 3.63) is 21.9 Å². The van der Waals surface area contributed by atoms with Crippen molar-refractivity contribution in [2.45, 2.75) is 32.1 Å². The number of fused-ring (bicyclic) bond motifs is 3. The van der Waals surface area contributed by atoms with Gasteiger partial charge in [0.25, 0.3) is 0 Å². The van der Waals surface area contributed by atoms with Crippen LogP contribution in [0.15, 0.2) is 6.33 Å². The van der Waals surface area contributed by atoms with Gasteiger partial charge in [0.1, 0.15) is 16.3 Å². The molecule has 19 heavy (non-hydrogen) atoms. The van der Waals surface area contributed by atoms with Gasteiger partial charge in [-0.1, -0.05) is 11.6 Å². The van der Waals surface area contributed by atoms with Crippen molar-refractivity contribution in [2.24, 2.45) is 0 Å². The number of halogens is 1. The van der Waals surface area contributed by atoms with Crippen LogP contribution in [0, 0.1) is 0 Å². The average molecular weight is 297 g/mol. The SMILES string of the molecule is CCOC(=O)C1CCCc2c1sc1ncnc(Cl)c21. The van der Waals surface area contributed by atoms with Gasteiger partial charge in [0.15, 0.2) is 0 Å². The summed E-state index contributed by atoms with van der Waals surface area (Å²) in [6, 6.07) is 0. The Hall–Kier alpha value is -1.20. The third-order valence-corrected chi connectivity index (χ3v) is 4.92. The number of aromatic nitrogens is 2. The molecule has 2 aromatic heterocycles. The van der Waals surface area contributed by atoms with Crippen molar-refractivity contribution >= 4 is 39.1 Å². The Bertz CT molecular complexity index is 641. The summed E-state index contributed by atoms with van der Waals surface area (Å²) in [6.07, 6.45) is 4.20. The third kappa shape index (κ3) is 2.11. The van der Waals surface area contributed by atoms with E-state index in [-0.39, 0.29) is 11.9 Å². The monoisotopic (exact) mass is 296 g/mol. The molecule has 1 atom stereocenters. The summed E-state index contributed by atoms with van der Waals surface area (Å²) in [7, 11) is 0. The van der Waals surface area contributed by atoms with Gasteiger partial charge in [-0.15, -0.1) is 11.3 Å². The van der Waals surface area contributed by atoms with E-state index < -0.39 is 0 Å². The quantitative estimate of drug-likeness (QED) is 0.630. The van der Waals surface area contributed by atoms with E-state index in [1.165, 1.54) is 17.7 Å². The lowest BCUT2D eigenvalue weighted by atomic mass is 9.88. The lowest BCUT2D eigenvalue weighted by Gasteiger charge is -2.20. The molecule has 0 saturated carbocycles. The number of aryl methyl sites for hydroxylation is 1. The molecule has 0 aromatic carbocycles. The largest absolute Gasteiger partial charge is 0.465 e. The van der Waals surface area contributed by atoms with Crippen LogP contribution in [0.1, 0.15) is 36.1 Å². The van der Waals surface area contributed by atoms with Gasteiger partial charge in [0.2, 0.25) is 0 Å². The number of ether oxygens (including phenoxy) is 1. The minimum absolute atomic E-state index is 0.140. The predicted molar refractivity (Wildman–Crippen MR) is 74.7 cm³/mol. The molecular weight excluding hydrogens is 284 g/mol. The molecule has 0 saturated heterocycles. The molecule has 1 unspecified atom stereocenters. The smallest absolute Gasteiger partial charge is 0.314 e. The number of esters is 1. The first kappa shape index (κ1) is 12.8. The summed E-state index contributed by atoms with van der Waals surface area (Å²) in [4.78, 5) is 22.3. The molecule has 0 aliphatic heterocycles. The molecule has 3 rings (SSSR count). The highest BCUT2D eigenvalue weighted by molar-refractivity contribution is 7.19. The number of carbonyl (C=O) groups excluding carboxylic acids is 1. The van der Waals surface area contributed by atoms with Crippen LogP contribution >= 0.6 is 22.9 Å². The highest BCUT2D eigenvalue weighted by atomic mass is 35.5. The van der Waals surface area contributed by atoms with Crippen LogP contribution in [0.3, 0.4) is 0 Å². The Morgan fingerprint density at radius 1 is 1.58 bits per heavy atom. The number of rotatable bonds is 2. The van der Waals surface area contributed by atoms with Crippen LogP contribution in [0.4, 0.5) is 0 Å². The number of hydrogen-bond donors (Lipinski definition) is 0. The fraction of sp³-hybridized carbons (Fsp3) is 0.462. The summed E-state index contributed by atoms with van der Waals surface area (Å²) in [5.74, 6) is -0.307. The van der Waals surface area contributed by atoms with Crippen LogP contribution in [0.2, 0.25) is 5.15 Å². The van der Waals surface area contributed by atoms with Gasteiger partial charge in [-0.3, -0.25) is 4.79 Å². The zero-order chi connectivity index (χ0) is 13.4. The Morgan fingerprint density at radius 3 is 3.21 bits per heavy atom. The molecule has 1 aliphatic carbocycles. The minimum Gasteiger partial charge on any atom is -0.465 e. The minimum atomic E-state index is -0.168. The fourth-order valence-corrected chi connectivity index (χ4v) is 4.20. The van der Waals surface area contributed by atoms with Crippen LogP contribution in [-0.2, 0) is 16.0 Å². The van der Waals surface area contributed by atoms with E-state index >= 15 is 0 Å². The molecule has 6 heteroatoms. The second kappa shape index (κ2) is 5.06. The highest BCUT2D eigenvalue weighted by Crippen LogP contribution is 2.43. The first-order valence-corrected chi connectivity index (χ1v) is 7.50. The molecule has 0 amide bonds. The zero-order valence-corrected chi connectivity index (χ0v) is 12.1. The second-order valence-electron chi connectivity index (χ2n) is 4.49. The number of hydrogen-bond acceptors (Lipinski definition) is 5. The van der Waals surface area contributed by atoms with E-state index in [0.29, 0.717) is 11.8 Å². The van der Waals surface area contributed by atoms with Gasteiger partial charge in [0.05, 0.1) is 17.9 Å². The van der Waals surface area contributed by atoms with Crippen LogP contribution in [0.5, 0.6) is 0 Å². The van der Waals surface area contributed by atoms with Gasteiger partial charge >= 0.3 is 5.97 Å². The topological polar surface area (TPSA) is 52.1 Å². The normalized spacial score (nSPS) is 18.3. The lowest BCUT2D eigenvalue weighted by molar-refractivity contribution is -0.145. The Morgan fingerprint density at radius 2 is 2.42 bits per heavy atom. The maximum atomic E-state index is 12.0. The predicted octanol–water partition coefficient (Wildman–Crippen LogP) is 3.33. The van der Waals surface area contributed by atoms with E-state index in [9.17, 15) is 4.79 Å². The molecule has 0 fully saturated rings. The summed E-state index contributed by atoms with van der Waals surface area (Å²) in [5.41, 5.74) is 1.13. The van der Waals surface area contributed by atoms with Crippen molar-refractivity contribution in [1.82, 2.24) is 9.97 Å². The Kier molecular flexibility index (Phi) is 3.41. The molecule has 0 radical (unpaired) electrons. The van der Waals surface area contributed by atoms with Gasteiger partial charge in [-0.05, 0) is 31.7 Å².